The second kappa shape index (κ2) is 11.2. The van der Waals surface area contributed by atoms with E-state index in [0.717, 1.165) is 25.0 Å². The summed E-state index contributed by atoms with van der Waals surface area (Å²) in [6.07, 6.45) is -1.72. The smallest absolute Gasteiger partial charge is 0.479 e. The number of aliphatic carboxylic acids is 1. The molecule has 1 aromatic rings. The molecule has 0 bridgehead atoms. The number of rotatable bonds is 9. The van der Waals surface area contributed by atoms with Gasteiger partial charge in [0.15, 0.2) is 11.6 Å². The molecule has 0 spiro atoms. The van der Waals surface area contributed by atoms with E-state index in [1.54, 1.807) is 0 Å². The SMILES string of the molecule is CC(C)[C@@H]1CC[C@@H](C)C[C@H]1OC(=O)O[C@@H](C)OC(=O)[C@@]1(N)[C@H]2[C@@H](C[C@H]1OCc1ccc(F)c(F)c1)[C@]2(F)C(=O)O. The van der Waals surface area contributed by atoms with Gasteiger partial charge in [0.25, 0.3) is 0 Å². The average Bonchev–Trinajstić information content (AvgIpc) is 3.34. The minimum absolute atomic E-state index is 0.153. The molecular weight excluding hydrogens is 535 g/mol. The maximum absolute atomic E-state index is 15.2. The topological polar surface area (TPSA) is 134 Å². The normalized spacial score (nSPS) is 35.5. The van der Waals surface area contributed by atoms with Gasteiger partial charge in [-0.15, -0.1) is 0 Å². The Hall–Kier alpha value is -2.86. The molecule has 0 heterocycles. The molecule has 4 rings (SSSR count). The summed E-state index contributed by atoms with van der Waals surface area (Å²) < 4.78 is 63.7. The summed E-state index contributed by atoms with van der Waals surface area (Å²) in [5.74, 6) is -6.94. The van der Waals surface area contributed by atoms with Crippen molar-refractivity contribution in [1.29, 1.82) is 0 Å². The molecule has 3 fully saturated rings. The number of ether oxygens (including phenoxy) is 4. The van der Waals surface area contributed by atoms with Gasteiger partial charge in [-0.25, -0.2) is 27.6 Å². The van der Waals surface area contributed by atoms with Crippen LogP contribution < -0.4 is 5.73 Å². The van der Waals surface area contributed by atoms with Gasteiger partial charge in [-0.2, -0.15) is 0 Å². The lowest BCUT2D eigenvalue weighted by atomic mass is 9.75. The van der Waals surface area contributed by atoms with Gasteiger partial charge in [0.1, 0.15) is 11.6 Å². The highest BCUT2D eigenvalue weighted by Gasteiger charge is 2.85. The molecule has 0 aliphatic heterocycles. The fraction of sp³-hybridized carbons (Fsp3) is 0.679. The number of carboxylic acids is 1. The molecule has 9 atom stereocenters. The molecule has 0 amide bonds. The molecule has 0 radical (unpaired) electrons. The van der Waals surface area contributed by atoms with E-state index in [0.29, 0.717) is 12.3 Å². The van der Waals surface area contributed by atoms with Crippen molar-refractivity contribution in [2.24, 2.45) is 35.3 Å². The van der Waals surface area contributed by atoms with Crippen molar-refractivity contribution in [1.82, 2.24) is 0 Å². The Morgan fingerprint density at radius 2 is 1.80 bits per heavy atom. The Bertz CT molecular complexity index is 1150. The number of hydrogen-bond acceptors (Lipinski definition) is 8. The van der Waals surface area contributed by atoms with Crippen LogP contribution in [0.2, 0.25) is 0 Å². The predicted molar refractivity (Wildman–Crippen MR) is 133 cm³/mol. The second-order valence-electron chi connectivity index (χ2n) is 11.7. The van der Waals surface area contributed by atoms with Crippen LogP contribution in [-0.2, 0) is 35.1 Å². The van der Waals surface area contributed by atoms with E-state index in [2.05, 4.69) is 6.92 Å². The molecule has 3 N–H and O–H groups in total. The van der Waals surface area contributed by atoms with E-state index in [9.17, 15) is 28.3 Å². The Balaban J connectivity index is 1.42. The number of hydrogen-bond donors (Lipinski definition) is 2. The van der Waals surface area contributed by atoms with E-state index >= 15 is 4.39 Å². The highest BCUT2D eigenvalue weighted by atomic mass is 19.2. The average molecular weight is 572 g/mol. The van der Waals surface area contributed by atoms with Gasteiger partial charge < -0.3 is 29.8 Å². The minimum atomic E-state index is -2.76. The zero-order chi connectivity index (χ0) is 29.6. The first-order chi connectivity index (χ1) is 18.7. The Morgan fingerprint density at radius 3 is 2.42 bits per heavy atom. The van der Waals surface area contributed by atoms with Crippen LogP contribution in [0.1, 0.15) is 58.9 Å². The van der Waals surface area contributed by atoms with Crippen LogP contribution in [0, 0.1) is 41.2 Å². The van der Waals surface area contributed by atoms with Gasteiger partial charge in [0.05, 0.1) is 12.7 Å². The number of alkyl halides is 1. The highest BCUT2D eigenvalue weighted by molar-refractivity contribution is 5.91. The number of halogens is 3. The molecule has 3 saturated carbocycles. The van der Waals surface area contributed by atoms with Crippen molar-refractivity contribution in [3.05, 3.63) is 35.4 Å². The number of benzene rings is 1. The monoisotopic (exact) mass is 571 g/mol. The molecule has 40 heavy (non-hydrogen) atoms. The van der Waals surface area contributed by atoms with Crippen LogP contribution in [0.4, 0.5) is 18.0 Å². The number of carboxylic acid groups (broad SMARTS) is 1. The molecule has 3 aliphatic rings. The van der Waals surface area contributed by atoms with Crippen molar-refractivity contribution in [3.63, 3.8) is 0 Å². The van der Waals surface area contributed by atoms with E-state index in [1.807, 2.05) is 13.8 Å². The van der Waals surface area contributed by atoms with Crippen LogP contribution in [0.5, 0.6) is 0 Å². The maximum Gasteiger partial charge on any atom is 0.511 e. The number of esters is 1. The summed E-state index contributed by atoms with van der Waals surface area (Å²) in [5, 5.41) is 9.43. The Morgan fingerprint density at radius 1 is 1.10 bits per heavy atom. The lowest BCUT2D eigenvalue weighted by Crippen LogP contribution is -2.61. The third-order valence-electron chi connectivity index (χ3n) is 8.66. The standard InChI is InChI=1S/C28H36F3NO8/c1-13(2)17-7-5-14(3)9-21(17)40-26(36)39-15(4)38-25(35)28(32)22(11-18-23(28)27(18,31)24(33)34)37-12-16-6-8-19(29)20(30)10-16/h6,8,10,13-15,17-18,21-23H,5,7,9,11-12,32H2,1-4H3,(H,33,34)/t14-,15+,17+,18-,21-,22-,23+,27-,28+/m1/s1. The number of fused-ring (bicyclic) bond motifs is 1. The Labute approximate surface area is 230 Å². The fourth-order valence-corrected chi connectivity index (χ4v) is 6.44. The molecule has 0 aromatic heterocycles. The van der Waals surface area contributed by atoms with E-state index in [1.165, 1.54) is 13.0 Å². The molecule has 12 heteroatoms. The predicted octanol–water partition coefficient (Wildman–Crippen LogP) is 4.49. The maximum atomic E-state index is 15.2. The van der Waals surface area contributed by atoms with Crippen molar-refractivity contribution >= 4 is 18.1 Å². The first kappa shape index (κ1) is 30.1. The first-order valence-corrected chi connectivity index (χ1v) is 13.5. The third kappa shape index (κ3) is 5.52. The molecule has 0 unspecified atom stereocenters. The lowest BCUT2D eigenvalue weighted by Gasteiger charge is -2.36. The zero-order valence-electron chi connectivity index (χ0n) is 22.9. The van der Waals surface area contributed by atoms with Crippen molar-refractivity contribution in [3.8, 4) is 0 Å². The largest absolute Gasteiger partial charge is 0.511 e. The Kier molecular flexibility index (Phi) is 8.43. The summed E-state index contributed by atoms with van der Waals surface area (Å²) in [6.45, 7) is 7.11. The molecule has 9 nitrogen and oxygen atoms in total. The van der Waals surface area contributed by atoms with Crippen LogP contribution in [0.3, 0.4) is 0 Å². The van der Waals surface area contributed by atoms with Gasteiger partial charge in [-0.3, -0.25) is 0 Å². The van der Waals surface area contributed by atoms with Crippen molar-refractivity contribution < 1.29 is 51.6 Å². The summed E-state index contributed by atoms with van der Waals surface area (Å²) in [4.78, 5) is 37.4. The highest BCUT2D eigenvalue weighted by Crippen LogP contribution is 2.67. The summed E-state index contributed by atoms with van der Waals surface area (Å²) in [7, 11) is 0. The van der Waals surface area contributed by atoms with Gasteiger partial charge in [0, 0.05) is 18.8 Å². The second-order valence-corrected chi connectivity index (χ2v) is 11.7. The number of carbonyl (C=O) groups excluding carboxylic acids is 2. The molecule has 3 aliphatic carbocycles. The molecule has 222 valence electrons. The van der Waals surface area contributed by atoms with E-state index < -0.39 is 65.2 Å². The minimum Gasteiger partial charge on any atom is -0.479 e. The van der Waals surface area contributed by atoms with Crippen LogP contribution in [0.15, 0.2) is 18.2 Å². The molecular formula is C28H36F3NO8. The van der Waals surface area contributed by atoms with Crippen LogP contribution in [-0.4, -0.2) is 52.9 Å². The quantitative estimate of drug-likeness (QED) is 0.325. The number of nitrogens with two attached hydrogens (primary N) is 1. The lowest BCUT2D eigenvalue weighted by molar-refractivity contribution is -0.184. The fourth-order valence-electron chi connectivity index (χ4n) is 6.44. The summed E-state index contributed by atoms with van der Waals surface area (Å²) >= 11 is 0. The van der Waals surface area contributed by atoms with Crippen LogP contribution in [0.25, 0.3) is 0 Å². The van der Waals surface area contributed by atoms with E-state index in [4.69, 9.17) is 24.7 Å². The van der Waals surface area contributed by atoms with Crippen molar-refractivity contribution in [2.75, 3.05) is 0 Å². The van der Waals surface area contributed by atoms with Gasteiger partial charge in [0.2, 0.25) is 12.0 Å². The van der Waals surface area contributed by atoms with Gasteiger partial charge in [-0.05, 0) is 54.7 Å². The van der Waals surface area contributed by atoms with Gasteiger partial charge >= 0.3 is 18.1 Å². The van der Waals surface area contributed by atoms with E-state index in [-0.39, 0.29) is 36.5 Å². The zero-order valence-corrected chi connectivity index (χ0v) is 22.9. The molecule has 0 saturated heterocycles. The van der Waals surface area contributed by atoms with Gasteiger partial charge in [-0.1, -0.05) is 33.3 Å². The summed E-state index contributed by atoms with van der Waals surface area (Å²) in [5.41, 5.74) is 1.56. The molecule has 1 aromatic carbocycles. The van der Waals surface area contributed by atoms with Crippen LogP contribution >= 0.6 is 0 Å². The third-order valence-corrected chi connectivity index (χ3v) is 8.66. The van der Waals surface area contributed by atoms with Crippen molar-refractivity contribution in [2.45, 2.75) is 89.7 Å². The summed E-state index contributed by atoms with van der Waals surface area (Å²) in [6, 6.07) is 3.06. The number of carbonyl (C=O) groups is 3. The first-order valence-electron chi connectivity index (χ1n) is 13.5.